The van der Waals surface area contributed by atoms with Crippen molar-refractivity contribution in [2.75, 3.05) is 13.2 Å². The molecule has 1 saturated heterocycles. The van der Waals surface area contributed by atoms with Gasteiger partial charge in [-0.05, 0) is 42.9 Å². The number of hydrogen-bond acceptors (Lipinski definition) is 5. The summed E-state index contributed by atoms with van der Waals surface area (Å²) in [5.41, 5.74) is 0.605. The van der Waals surface area contributed by atoms with Gasteiger partial charge in [-0.1, -0.05) is 18.7 Å². The topological polar surface area (TPSA) is 76.7 Å². The molecule has 0 aliphatic carbocycles. The number of carbonyl (C=O) groups excluding carboxylic acids is 2. The average Bonchev–Trinajstić information content (AvgIpc) is 2.50. The SMILES string of the molecule is C=CCOc1ccc(C=C2C(=O)NC(=S)NC2=O)cc1OCC. The molecule has 1 aromatic carbocycles. The highest BCUT2D eigenvalue weighted by atomic mass is 32.1. The molecule has 1 aromatic rings. The van der Waals surface area contributed by atoms with Gasteiger partial charge in [-0.2, -0.15) is 0 Å². The second-order valence-corrected chi connectivity index (χ2v) is 4.94. The molecule has 1 fully saturated rings. The first-order valence-corrected chi connectivity index (χ1v) is 7.35. The van der Waals surface area contributed by atoms with Gasteiger partial charge in [0.2, 0.25) is 0 Å². The first kappa shape index (κ1) is 16.7. The third-order valence-electron chi connectivity index (χ3n) is 2.88. The molecule has 0 atom stereocenters. The Bertz CT molecular complexity index is 675. The largest absolute Gasteiger partial charge is 0.490 e. The Kier molecular flexibility index (Phi) is 5.48. The van der Waals surface area contributed by atoms with Gasteiger partial charge >= 0.3 is 0 Å². The van der Waals surface area contributed by atoms with E-state index in [2.05, 4.69) is 17.2 Å². The molecule has 120 valence electrons. The lowest BCUT2D eigenvalue weighted by Gasteiger charge is -2.16. The van der Waals surface area contributed by atoms with E-state index in [9.17, 15) is 9.59 Å². The minimum absolute atomic E-state index is 0.000304. The van der Waals surface area contributed by atoms with Crippen molar-refractivity contribution in [3.8, 4) is 11.5 Å². The van der Waals surface area contributed by atoms with Crippen LogP contribution in [0.4, 0.5) is 0 Å². The van der Waals surface area contributed by atoms with E-state index in [1.54, 1.807) is 24.3 Å². The van der Waals surface area contributed by atoms with E-state index < -0.39 is 11.8 Å². The Balaban J connectivity index is 2.32. The zero-order valence-electron chi connectivity index (χ0n) is 12.5. The van der Waals surface area contributed by atoms with Crippen LogP contribution in [0.2, 0.25) is 0 Å². The van der Waals surface area contributed by atoms with Crippen LogP contribution in [0.1, 0.15) is 12.5 Å². The highest BCUT2D eigenvalue weighted by Crippen LogP contribution is 2.29. The molecule has 0 unspecified atom stereocenters. The summed E-state index contributed by atoms with van der Waals surface area (Å²) in [6, 6.07) is 5.13. The van der Waals surface area contributed by atoms with Crippen LogP contribution in [-0.4, -0.2) is 30.1 Å². The van der Waals surface area contributed by atoms with Crippen molar-refractivity contribution in [2.24, 2.45) is 0 Å². The molecule has 0 spiro atoms. The maximum absolute atomic E-state index is 11.8. The van der Waals surface area contributed by atoms with E-state index in [4.69, 9.17) is 21.7 Å². The molecule has 1 aliphatic heterocycles. The number of carbonyl (C=O) groups is 2. The Morgan fingerprint density at radius 2 is 1.87 bits per heavy atom. The average molecular weight is 332 g/mol. The summed E-state index contributed by atoms with van der Waals surface area (Å²) < 4.78 is 11.0. The van der Waals surface area contributed by atoms with Crippen molar-refractivity contribution in [1.82, 2.24) is 10.6 Å². The Hall–Kier alpha value is -2.67. The van der Waals surface area contributed by atoms with Crippen molar-refractivity contribution in [3.63, 3.8) is 0 Å². The summed E-state index contributed by atoms with van der Waals surface area (Å²) in [5, 5.41) is 4.77. The van der Waals surface area contributed by atoms with Crippen LogP contribution in [0.3, 0.4) is 0 Å². The van der Waals surface area contributed by atoms with E-state index in [0.717, 1.165) is 0 Å². The quantitative estimate of drug-likeness (QED) is 0.358. The number of ether oxygens (including phenoxy) is 2. The normalized spacial score (nSPS) is 14.0. The minimum atomic E-state index is -0.538. The number of hydrogen-bond donors (Lipinski definition) is 2. The number of thiocarbonyl (C=S) groups is 1. The lowest BCUT2D eigenvalue weighted by atomic mass is 10.1. The summed E-state index contributed by atoms with van der Waals surface area (Å²) >= 11 is 4.75. The maximum atomic E-state index is 11.8. The molecule has 0 radical (unpaired) electrons. The van der Waals surface area contributed by atoms with Crippen molar-refractivity contribution < 1.29 is 19.1 Å². The predicted octanol–water partition coefficient (Wildman–Crippen LogP) is 1.56. The summed E-state index contributed by atoms with van der Waals surface area (Å²) in [6.45, 7) is 6.25. The van der Waals surface area contributed by atoms with Crippen LogP contribution in [-0.2, 0) is 9.59 Å². The highest BCUT2D eigenvalue weighted by Gasteiger charge is 2.25. The minimum Gasteiger partial charge on any atom is -0.490 e. The highest BCUT2D eigenvalue weighted by molar-refractivity contribution is 7.80. The number of nitrogens with one attached hydrogen (secondary N) is 2. The van der Waals surface area contributed by atoms with E-state index in [0.29, 0.717) is 30.3 Å². The van der Waals surface area contributed by atoms with Gasteiger partial charge < -0.3 is 9.47 Å². The zero-order valence-corrected chi connectivity index (χ0v) is 13.4. The van der Waals surface area contributed by atoms with Gasteiger partial charge in [0.05, 0.1) is 6.61 Å². The van der Waals surface area contributed by atoms with Crippen molar-refractivity contribution in [1.29, 1.82) is 0 Å². The molecule has 6 nitrogen and oxygen atoms in total. The van der Waals surface area contributed by atoms with Crippen LogP contribution in [0.15, 0.2) is 36.4 Å². The van der Waals surface area contributed by atoms with Gasteiger partial charge in [0.1, 0.15) is 12.2 Å². The summed E-state index contributed by atoms with van der Waals surface area (Å²) in [6.07, 6.45) is 3.09. The van der Waals surface area contributed by atoms with E-state index in [1.807, 2.05) is 6.92 Å². The molecule has 0 bridgehead atoms. The van der Waals surface area contributed by atoms with Gasteiger partial charge in [0, 0.05) is 0 Å². The first-order valence-electron chi connectivity index (χ1n) is 6.94. The standard InChI is InChI=1S/C16H16N2O4S/c1-3-7-22-12-6-5-10(9-13(12)21-4-2)8-11-14(19)17-16(23)18-15(11)20/h3,5-6,8-9H,1,4,7H2,2H3,(H2,17,18,19,20,23). The lowest BCUT2D eigenvalue weighted by Crippen LogP contribution is -2.51. The van der Waals surface area contributed by atoms with Crippen LogP contribution < -0.4 is 20.1 Å². The van der Waals surface area contributed by atoms with Crippen molar-refractivity contribution in [2.45, 2.75) is 6.92 Å². The van der Waals surface area contributed by atoms with Gasteiger partial charge in [-0.25, -0.2) is 0 Å². The summed E-state index contributed by atoms with van der Waals surface area (Å²) in [5.74, 6) is 0.0101. The molecule has 1 aliphatic rings. The Morgan fingerprint density at radius 3 is 2.48 bits per heavy atom. The number of benzene rings is 1. The van der Waals surface area contributed by atoms with Gasteiger partial charge in [0.15, 0.2) is 16.6 Å². The Morgan fingerprint density at radius 1 is 1.17 bits per heavy atom. The van der Waals surface area contributed by atoms with Gasteiger partial charge in [-0.15, -0.1) is 0 Å². The smallest absolute Gasteiger partial charge is 0.263 e. The fraction of sp³-hybridized carbons (Fsp3) is 0.188. The monoisotopic (exact) mass is 332 g/mol. The zero-order chi connectivity index (χ0) is 16.8. The second kappa shape index (κ2) is 7.55. The van der Waals surface area contributed by atoms with Crippen LogP contribution >= 0.6 is 12.2 Å². The molecule has 23 heavy (non-hydrogen) atoms. The molecular weight excluding hydrogens is 316 g/mol. The summed E-state index contributed by atoms with van der Waals surface area (Å²) in [7, 11) is 0. The fourth-order valence-corrected chi connectivity index (χ4v) is 2.11. The predicted molar refractivity (Wildman–Crippen MR) is 90.2 cm³/mol. The third kappa shape index (κ3) is 4.17. The molecule has 7 heteroatoms. The third-order valence-corrected chi connectivity index (χ3v) is 3.08. The van der Waals surface area contributed by atoms with Gasteiger partial charge in [-0.3, -0.25) is 20.2 Å². The maximum Gasteiger partial charge on any atom is 0.263 e. The van der Waals surface area contributed by atoms with Crippen molar-refractivity contribution in [3.05, 3.63) is 42.0 Å². The van der Waals surface area contributed by atoms with E-state index in [1.165, 1.54) is 6.08 Å². The molecule has 2 N–H and O–H groups in total. The number of amides is 2. The molecule has 2 amide bonds. The summed E-state index contributed by atoms with van der Waals surface area (Å²) in [4.78, 5) is 23.7. The molecule has 0 aromatic heterocycles. The van der Waals surface area contributed by atoms with Crippen LogP contribution in [0.25, 0.3) is 6.08 Å². The van der Waals surface area contributed by atoms with Crippen LogP contribution in [0.5, 0.6) is 11.5 Å². The molecule has 0 saturated carbocycles. The molecular formula is C16H16N2O4S. The van der Waals surface area contributed by atoms with Crippen molar-refractivity contribution >= 4 is 35.2 Å². The molecule has 2 rings (SSSR count). The lowest BCUT2D eigenvalue weighted by molar-refractivity contribution is -0.123. The second-order valence-electron chi connectivity index (χ2n) is 4.53. The van der Waals surface area contributed by atoms with Gasteiger partial charge in [0.25, 0.3) is 11.8 Å². The first-order chi connectivity index (χ1) is 11.0. The number of rotatable bonds is 6. The molecule has 1 heterocycles. The fourth-order valence-electron chi connectivity index (χ4n) is 1.92. The van der Waals surface area contributed by atoms with Crippen LogP contribution in [0, 0.1) is 0 Å². The Labute approximate surface area is 139 Å². The van der Waals surface area contributed by atoms with E-state index >= 15 is 0 Å². The van der Waals surface area contributed by atoms with E-state index in [-0.39, 0.29) is 10.7 Å².